The van der Waals surface area contributed by atoms with Gasteiger partial charge < -0.3 is 20.7 Å². The Hall–Kier alpha value is -1.14. The summed E-state index contributed by atoms with van der Waals surface area (Å²) in [4.78, 5) is 24.9. The Kier molecular flexibility index (Phi) is 6.07. The van der Waals surface area contributed by atoms with Crippen LogP contribution >= 0.6 is 0 Å². The van der Waals surface area contributed by atoms with Gasteiger partial charge in [0.15, 0.2) is 0 Å². The average molecular weight is 257 g/mol. The van der Waals surface area contributed by atoms with Crippen LogP contribution in [0.2, 0.25) is 0 Å². The fourth-order valence-corrected chi connectivity index (χ4v) is 2.08. The molecule has 6 nitrogen and oxygen atoms in total. The highest BCUT2D eigenvalue weighted by Crippen LogP contribution is 2.11. The van der Waals surface area contributed by atoms with E-state index in [4.69, 9.17) is 10.5 Å². The maximum absolute atomic E-state index is 11.8. The summed E-state index contributed by atoms with van der Waals surface area (Å²) in [6, 6.07) is 0.0450. The number of amides is 2. The van der Waals surface area contributed by atoms with Gasteiger partial charge in [0.05, 0.1) is 0 Å². The number of methoxy groups -OCH3 is 1. The normalized spacial score (nSPS) is 18.5. The number of likely N-dealkylation sites (tertiary alicyclic amines) is 1. The Morgan fingerprint density at radius 3 is 2.56 bits per heavy atom. The monoisotopic (exact) mass is 257 g/mol. The molecule has 104 valence electrons. The molecule has 0 saturated carbocycles. The van der Waals surface area contributed by atoms with E-state index in [1.165, 1.54) is 7.11 Å². The lowest BCUT2D eigenvalue weighted by Crippen LogP contribution is -2.47. The fourth-order valence-electron chi connectivity index (χ4n) is 2.08. The van der Waals surface area contributed by atoms with Gasteiger partial charge >= 0.3 is 0 Å². The molecule has 1 aliphatic heterocycles. The van der Waals surface area contributed by atoms with E-state index in [0.29, 0.717) is 19.5 Å². The number of ether oxygens (including phenoxy) is 1. The first-order valence-electron chi connectivity index (χ1n) is 6.34. The lowest BCUT2D eigenvalue weighted by atomic mass is 10.0. The Bertz CT molecular complexity index is 286. The second-order valence-electron chi connectivity index (χ2n) is 4.84. The maximum atomic E-state index is 11.8. The minimum absolute atomic E-state index is 0.0871. The number of rotatable bonds is 5. The molecule has 0 bridgehead atoms. The fraction of sp³-hybridized carbons (Fsp3) is 0.833. The standard InChI is InChI=1S/C12H23N3O3/c1-9(13)7-12(17)15-5-3-10(4-6-15)14-11(16)8-18-2/h9-10H,3-8,13H2,1-2H3,(H,14,16). The van der Waals surface area contributed by atoms with Gasteiger partial charge in [-0.05, 0) is 19.8 Å². The predicted octanol–water partition coefficient (Wildman–Crippen LogP) is -0.523. The summed E-state index contributed by atoms with van der Waals surface area (Å²) in [5, 5.41) is 2.89. The number of nitrogens with one attached hydrogen (secondary N) is 1. The van der Waals surface area contributed by atoms with Crippen LogP contribution in [0, 0.1) is 0 Å². The first kappa shape index (κ1) is 14.9. The van der Waals surface area contributed by atoms with Gasteiger partial charge in [0.1, 0.15) is 6.61 Å². The molecule has 1 aliphatic rings. The molecule has 3 N–H and O–H groups in total. The number of carbonyl (C=O) groups is 2. The highest BCUT2D eigenvalue weighted by Gasteiger charge is 2.23. The van der Waals surface area contributed by atoms with Crippen molar-refractivity contribution in [2.75, 3.05) is 26.8 Å². The molecular formula is C12H23N3O3. The molecule has 18 heavy (non-hydrogen) atoms. The van der Waals surface area contributed by atoms with Crippen LogP contribution in [0.4, 0.5) is 0 Å². The van der Waals surface area contributed by atoms with Crippen molar-refractivity contribution in [3.63, 3.8) is 0 Å². The summed E-state index contributed by atoms with van der Waals surface area (Å²) in [7, 11) is 1.49. The van der Waals surface area contributed by atoms with Gasteiger partial charge in [-0.2, -0.15) is 0 Å². The van der Waals surface area contributed by atoms with E-state index < -0.39 is 0 Å². The number of nitrogens with two attached hydrogens (primary N) is 1. The van der Waals surface area contributed by atoms with Gasteiger partial charge in [0, 0.05) is 38.7 Å². The zero-order valence-corrected chi connectivity index (χ0v) is 11.1. The second kappa shape index (κ2) is 7.33. The second-order valence-corrected chi connectivity index (χ2v) is 4.84. The van der Waals surface area contributed by atoms with Crippen molar-refractivity contribution >= 4 is 11.8 Å². The molecule has 6 heteroatoms. The lowest BCUT2D eigenvalue weighted by Gasteiger charge is -2.32. The Balaban J connectivity index is 2.28. The van der Waals surface area contributed by atoms with Crippen LogP contribution in [-0.2, 0) is 14.3 Å². The topological polar surface area (TPSA) is 84.7 Å². The van der Waals surface area contributed by atoms with Crippen LogP contribution in [0.15, 0.2) is 0 Å². The van der Waals surface area contributed by atoms with E-state index in [1.807, 2.05) is 11.8 Å². The summed E-state index contributed by atoms with van der Waals surface area (Å²) in [6.45, 7) is 3.28. The first-order valence-corrected chi connectivity index (χ1v) is 6.34. The molecule has 1 unspecified atom stereocenters. The van der Waals surface area contributed by atoms with Gasteiger partial charge in [0.25, 0.3) is 0 Å². The van der Waals surface area contributed by atoms with Crippen molar-refractivity contribution in [1.82, 2.24) is 10.2 Å². The van der Waals surface area contributed by atoms with E-state index in [0.717, 1.165) is 12.8 Å². The third-order valence-corrected chi connectivity index (χ3v) is 2.98. The molecule has 0 spiro atoms. The van der Waals surface area contributed by atoms with Gasteiger partial charge in [-0.3, -0.25) is 9.59 Å². The van der Waals surface area contributed by atoms with Gasteiger partial charge in [-0.25, -0.2) is 0 Å². The molecule has 0 aromatic rings. The van der Waals surface area contributed by atoms with Crippen molar-refractivity contribution in [3.05, 3.63) is 0 Å². The summed E-state index contributed by atoms with van der Waals surface area (Å²) in [6.07, 6.45) is 1.97. The Labute approximate surface area is 108 Å². The molecule has 0 aliphatic carbocycles. The number of carbonyl (C=O) groups excluding carboxylic acids is 2. The number of hydrogen-bond donors (Lipinski definition) is 2. The third-order valence-electron chi connectivity index (χ3n) is 2.98. The smallest absolute Gasteiger partial charge is 0.246 e. The van der Waals surface area contributed by atoms with Crippen molar-refractivity contribution in [2.45, 2.75) is 38.3 Å². The molecule has 1 atom stereocenters. The molecular weight excluding hydrogens is 234 g/mol. The van der Waals surface area contributed by atoms with E-state index in [-0.39, 0.29) is 30.5 Å². The largest absolute Gasteiger partial charge is 0.375 e. The zero-order valence-electron chi connectivity index (χ0n) is 11.1. The molecule has 0 aromatic carbocycles. The molecule has 1 rings (SSSR count). The molecule has 2 amide bonds. The van der Waals surface area contributed by atoms with Crippen LogP contribution in [0.5, 0.6) is 0 Å². The maximum Gasteiger partial charge on any atom is 0.246 e. The third kappa shape index (κ3) is 5.01. The van der Waals surface area contributed by atoms with E-state index in [2.05, 4.69) is 5.32 Å². The minimum Gasteiger partial charge on any atom is -0.375 e. The molecule has 0 radical (unpaired) electrons. The van der Waals surface area contributed by atoms with Crippen LogP contribution < -0.4 is 11.1 Å². The van der Waals surface area contributed by atoms with Crippen LogP contribution in [-0.4, -0.2) is 55.6 Å². The molecule has 1 heterocycles. The average Bonchev–Trinajstić information content (AvgIpc) is 2.29. The summed E-state index contributed by atoms with van der Waals surface area (Å²) in [5.74, 6) is 0.00419. The first-order chi connectivity index (χ1) is 8.52. The quantitative estimate of drug-likeness (QED) is 0.694. The summed E-state index contributed by atoms with van der Waals surface area (Å²) < 4.78 is 4.76. The lowest BCUT2D eigenvalue weighted by molar-refractivity contribution is -0.132. The van der Waals surface area contributed by atoms with Crippen molar-refractivity contribution < 1.29 is 14.3 Å². The summed E-state index contributed by atoms with van der Waals surface area (Å²) >= 11 is 0. The molecule has 1 fully saturated rings. The van der Waals surface area contributed by atoms with Crippen molar-refractivity contribution in [1.29, 1.82) is 0 Å². The van der Waals surface area contributed by atoms with Gasteiger partial charge in [-0.15, -0.1) is 0 Å². The molecule has 0 aromatic heterocycles. The van der Waals surface area contributed by atoms with E-state index in [1.54, 1.807) is 0 Å². The van der Waals surface area contributed by atoms with E-state index >= 15 is 0 Å². The highest BCUT2D eigenvalue weighted by atomic mass is 16.5. The number of nitrogens with zero attached hydrogens (tertiary/aromatic N) is 1. The number of piperidine rings is 1. The predicted molar refractivity (Wildman–Crippen MR) is 67.9 cm³/mol. The number of hydrogen-bond acceptors (Lipinski definition) is 4. The van der Waals surface area contributed by atoms with Gasteiger partial charge in [0.2, 0.25) is 11.8 Å². The van der Waals surface area contributed by atoms with Crippen molar-refractivity contribution in [3.8, 4) is 0 Å². The van der Waals surface area contributed by atoms with E-state index in [9.17, 15) is 9.59 Å². The van der Waals surface area contributed by atoms with Crippen LogP contribution in [0.1, 0.15) is 26.2 Å². The Morgan fingerprint density at radius 2 is 2.06 bits per heavy atom. The SMILES string of the molecule is COCC(=O)NC1CCN(C(=O)CC(C)N)CC1. The van der Waals surface area contributed by atoms with Crippen LogP contribution in [0.3, 0.4) is 0 Å². The minimum atomic E-state index is -0.100. The molecule has 1 saturated heterocycles. The summed E-state index contributed by atoms with van der Waals surface area (Å²) in [5.41, 5.74) is 5.61. The highest BCUT2D eigenvalue weighted by molar-refractivity contribution is 5.78. The Morgan fingerprint density at radius 1 is 1.44 bits per heavy atom. The zero-order chi connectivity index (χ0) is 13.5. The van der Waals surface area contributed by atoms with Gasteiger partial charge in [-0.1, -0.05) is 0 Å². The van der Waals surface area contributed by atoms with Crippen LogP contribution in [0.25, 0.3) is 0 Å². The van der Waals surface area contributed by atoms with Crippen molar-refractivity contribution in [2.24, 2.45) is 5.73 Å².